The van der Waals surface area contributed by atoms with Crippen LogP contribution in [0.1, 0.15) is 16.1 Å². The molecule has 0 atom stereocenters. The van der Waals surface area contributed by atoms with E-state index in [1.807, 2.05) is 24.3 Å². The van der Waals surface area contributed by atoms with Crippen molar-refractivity contribution in [2.45, 2.75) is 6.92 Å². The van der Waals surface area contributed by atoms with Crippen LogP contribution in [0.4, 0.5) is 5.69 Å². The maximum Gasteiger partial charge on any atom is 0.260 e. The van der Waals surface area contributed by atoms with Gasteiger partial charge in [-0.3, -0.25) is 4.79 Å². The van der Waals surface area contributed by atoms with Crippen molar-refractivity contribution in [3.05, 3.63) is 45.4 Å². The van der Waals surface area contributed by atoms with E-state index in [-0.39, 0.29) is 5.91 Å². The smallest absolute Gasteiger partial charge is 0.260 e. The highest BCUT2D eigenvalue weighted by atomic mass is 127. The Kier molecular flexibility index (Phi) is 3.23. The molecule has 0 fully saturated rings. The van der Waals surface area contributed by atoms with E-state index in [0.29, 0.717) is 11.3 Å². The summed E-state index contributed by atoms with van der Waals surface area (Å²) in [6.07, 6.45) is 1.42. The van der Waals surface area contributed by atoms with E-state index in [0.717, 1.165) is 9.26 Å². The van der Waals surface area contributed by atoms with Crippen LogP contribution < -0.4 is 5.32 Å². The summed E-state index contributed by atoms with van der Waals surface area (Å²) in [5, 5.41) is 6.35. The fourth-order valence-corrected chi connectivity index (χ4v) is 1.82. The van der Waals surface area contributed by atoms with Crippen molar-refractivity contribution >= 4 is 34.2 Å². The van der Waals surface area contributed by atoms with Gasteiger partial charge >= 0.3 is 0 Å². The quantitative estimate of drug-likeness (QED) is 0.863. The first-order valence-corrected chi connectivity index (χ1v) is 5.73. The van der Waals surface area contributed by atoms with E-state index >= 15 is 0 Å². The highest BCUT2D eigenvalue weighted by molar-refractivity contribution is 14.1. The minimum absolute atomic E-state index is 0.208. The van der Waals surface area contributed by atoms with E-state index in [1.165, 1.54) is 6.20 Å². The molecule has 1 N–H and O–H groups in total. The van der Waals surface area contributed by atoms with E-state index < -0.39 is 0 Å². The average Bonchev–Trinajstić information content (AvgIpc) is 2.64. The number of hydrogen-bond donors (Lipinski definition) is 1. The second kappa shape index (κ2) is 4.65. The van der Waals surface area contributed by atoms with Crippen molar-refractivity contribution in [1.82, 2.24) is 5.16 Å². The molecule has 2 aromatic rings. The summed E-state index contributed by atoms with van der Waals surface area (Å²) in [6, 6.07) is 7.57. The number of halogens is 1. The molecule has 82 valence electrons. The predicted octanol–water partition coefficient (Wildman–Crippen LogP) is 2.84. The van der Waals surface area contributed by atoms with Crippen LogP contribution in [0.15, 0.2) is 35.0 Å². The summed E-state index contributed by atoms with van der Waals surface area (Å²) in [7, 11) is 0. The third kappa shape index (κ3) is 2.41. The van der Waals surface area contributed by atoms with Crippen molar-refractivity contribution in [3.8, 4) is 0 Å². The number of aromatic nitrogens is 1. The zero-order valence-corrected chi connectivity index (χ0v) is 10.7. The van der Waals surface area contributed by atoms with Gasteiger partial charge in [-0.1, -0.05) is 11.2 Å². The van der Waals surface area contributed by atoms with Gasteiger partial charge in [0.1, 0.15) is 11.3 Å². The summed E-state index contributed by atoms with van der Waals surface area (Å²) in [5.74, 6) is 0.309. The van der Waals surface area contributed by atoms with Crippen molar-refractivity contribution in [1.29, 1.82) is 0 Å². The molecule has 0 saturated heterocycles. The Labute approximate surface area is 106 Å². The molecule has 0 radical (unpaired) electrons. The van der Waals surface area contributed by atoms with Crippen LogP contribution in [-0.4, -0.2) is 11.1 Å². The van der Waals surface area contributed by atoms with E-state index in [9.17, 15) is 4.79 Å². The topological polar surface area (TPSA) is 55.1 Å². The Morgan fingerprint density at radius 1 is 1.50 bits per heavy atom. The van der Waals surface area contributed by atoms with Crippen LogP contribution in [0, 0.1) is 10.5 Å². The summed E-state index contributed by atoms with van der Waals surface area (Å²) in [6.45, 7) is 1.71. The molecular weight excluding hydrogens is 319 g/mol. The minimum atomic E-state index is -0.208. The van der Waals surface area contributed by atoms with Crippen LogP contribution in [0.2, 0.25) is 0 Å². The second-order valence-electron chi connectivity index (χ2n) is 3.26. The van der Waals surface area contributed by atoms with Gasteiger partial charge in [-0.25, -0.2) is 0 Å². The summed E-state index contributed by atoms with van der Waals surface area (Å²) < 4.78 is 5.90. The molecule has 0 aliphatic rings. The van der Waals surface area contributed by atoms with Crippen LogP contribution in [-0.2, 0) is 0 Å². The van der Waals surface area contributed by atoms with Gasteiger partial charge < -0.3 is 9.84 Å². The van der Waals surface area contributed by atoms with Gasteiger partial charge in [-0.2, -0.15) is 0 Å². The molecular formula is C11H9IN2O2. The van der Waals surface area contributed by atoms with Gasteiger partial charge in [-0.15, -0.1) is 0 Å². The normalized spacial score (nSPS) is 10.1. The molecule has 0 spiro atoms. The van der Waals surface area contributed by atoms with Gasteiger partial charge in [0.15, 0.2) is 0 Å². The summed E-state index contributed by atoms with van der Waals surface area (Å²) >= 11 is 2.19. The fraction of sp³-hybridized carbons (Fsp3) is 0.0909. The number of anilines is 1. The number of carbonyl (C=O) groups is 1. The predicted molar refractivity (Wildman–Crippen MR) is 68.4 cm³/mol. The standard InChI is InChI=1S/C11H9IN2O2/c1-7-10(6-13-16-7)11(15)14-9-4-2-3-8(12)5-9/h2-6H,1H3,(H,14,15). The lowest BCUT2D eigenvalue weighted by Crippen LogP contribution is -2.12. The lowest BCUT2D eigenvalue weighted by Gasteiger charge is -2.03. The second-order valence-corrected chi connectivity index (χ2v) is 4.51. The number of nitrogens with zero attached hydrogens (tertiary/aromatic N) is 1. The van der Waals surface area contributed by atoms with Gasteiger partial charge in [-0.05, 0) is 47.7 Å². The monoisotopic (exact) mass is 328 g/mol. The number of carbonyl (C=O) groups excluding carboxylic acids is 1. The number of rotatable bonds is 2. The van der Waals surface area contributed by atoms with Crippen LogP contribution in [0.5, 0.6) is 0 Å². The van der Waals surface area contributed by atoms with Crippen molar-refractivity contribution in [2.75, 3.05) is 5.32 Å². The molecule has 4 nitrogen and oxygen atoms in total. The molecule has 0 bridgehead atoms. The Morgan fingerprint density at radius 3 is 2.94 bits per heavy atom. The molecule has 1 aromatic carbocycles. The number of hydrogen-bond acceptors (Lipinski definition) is 3. The molecule has 1 aromatic heterocycles. The maximum atomic E-state index is 11.8. The van der Waals surface area contributed by atoms with Crippen molar-refractivity contribution in [3.63, 3.8) is 0 Å². The SMILES string of the molecule is Cc1oncc1C(=O)Nc1cccc(I)c1. The van der Waals surface area contributed by atoms with Crippen molar-refractivity contribution < 1.29 is 9.32 Å². The first-order valence-electron chi connectivity index (χ1n) is 4.65. The first-order chi connectivity index (χ1) is 7.66. The molecule has 2 rings (SSSR count). The Bertz CT molecular complexity index is 522. The van der Waals surface area contributed by atoms with Crippen LogP contribution >= 0.6 is 22.6 Å². The Balaban J connectivity index is 2.17. The molecule has 0 aliphatic heterocycles. The zero-order chi connectivity index (χ0) is 11.5. The molecule has 0 aliphatic carbocycles. The van der Waals surface area contributed by atoms with Gasteiger partial charge in [0.25, 0.3) is 5.91 Å². The largest absolute Gasteiger partial charge is 0.361 e. The number of aryl methyl sites for hydroxylation is 1. The van der Waals surface area contributed by atoms with E-state index in [4.69, 9.17) is 4.52 Å². The van der Waals surface area contributed by atoms with E-state index in [2.05, 4.69) is 33.1 Å². The maximum absolute atomic E-state index is 11.8. The fourth-order valence-electron chi connectivity index (χ4n) is 1.28. The lowest BCUT2D eigenvalue weighted by atomic mass is 10.2. The summed E-state index contributed by atoms with van der Waals surface area (Å²) in [4.78, 5) is 11.8. The number of benzene rings is 1. The molecule has 0 saturated carbocycles. The molecule has 1 heterocycles. The van der Waals surface area contributed by atoms with Gasteiger partial charge in [0, 0.05) is 9.26 Å². The minimum Gasteiger partial charge on any atom is -0.361 e. The van der Waals surface area contributed by atoms with E-state index in [1.54, 1.807) is 6.92 Å². The molecule has 5 heteroatoms. The average molecular weight is 328 g/mol. The Hall–Kier alpha value is -1.37. The van der Waals surface area contributed by atoms with Crippen molar-refractivity contribution in [2.24, 2.45) is 0 Å². The third-order valence-electron chi connectivity index (χ3n) is 2.08. The Morgan fingerprint density at radius 2 is 2.31 bits per heavy atom. The summed E-state index contributed by atoms with van der Waals surface area (Å²) in [5.41, 5.74) is 1.22. The van der Waals surface area contributed by atoms with Gasteiger partial charge in [0.05, 0.1) is 6.20 Å². The lowest BCUT2D eigenvalue weighted by molar-refractivity contribution is 0.102. The van der Waals surface area contributed by atoms with Crippen LogP contribution in [0.3, 0.4) is 0 Å². The molecule has 1 amide bonds. The third-order valence-corrected chi connectivity index (χ3v) is 2.75. The van der Waals surface area contributed by atoms with Crippen LogP contribution in [0.25, 0.3) is 0 Å². The highest BCUT2D eigenvalue weighted by Crippen LogP contribution is 2.14. The first kappa shape index (κ1) is 11.1. The highest BCUT2D eigenvalue weighted by Gasteiger charge is 2.12. The molecule has 0 unspecified atom stereocenters. The zero-order valence-electron chi connectivity index (χ0n) is 8.53. The number of nitrogens with one attached hydrogen (secondary N) is 1. The van der Waals surface area contributed by atoms with Gasteiger partial charge in [0.2, 0.25) is 0 Å². The molecule has 16 heavy (non-hydrogen) atoms. The number of amides is 1.